The van der Waals surface area contributed by atoms with Crippen LogP contribution in [0.15, 0.2) is 0 Å². The van der Waals surface area contributed by atoms with Crippen LogP contribution in [0, 0.1) is 0 Å². The lowest BCUT2D eigenvalue weighted by molar-refractivity contribution is -0.142. The van der Waals surface area contributed by atoms with Gasteiger partial charge in [0.15, 0.2) is 0 Å². The monoisotopic (exact) mass is 189 g/mol. The zero-order valence-electron chi connectivity index (χ0n) is 7.32. The number of carboxylic acid groups (broad SMARTS) is 1. The summed E-state index contributed by atoms with van der Waals surface area (Å²) in [6.07, 6.45) is 1.04. The Morgan fingerprint density at radius 2 is 2.50 bits per heavy atom. The highest BCUT2D eigenvalue weighted by Gasteiger charge is 2.27. The SMILES string of the molecule is CCCN1CCSCC1C(=O)O. The van der Waals surface area contributed by atoms with Gasteiger partial charge < -0.3 is 5.11 Å². The van der Waals surface area contributed by atoms with Gasteiger partial charge in [-0.1, -0.05) is 6.92 Å². The molecule has 1 saturated heterocycles. The summed E-state index contributed by atoms with van der Waals surface area (Å²) in [5.41, 5.74) is 0. The Balaban J connectivity index is 2.48. The van der Waals surface area contributed by atoms with E-state index in [9.17, 15) is 4.79 Å². The predicted octanol–water partition coefficient (Wildman–Crippen LogP) is 0.898. The molecule has 0 bridgehead atoms. The maximum atomic E-state index is 10.8. The Kier molecular flexibility index (Phi) is 3.88. The van der Waals surface area contributed by atoms with E-state index >= 15 is 0 Å². The molecule has 0 spiro atoms. The van der Waals surface area contributed by atoms with E-state index in [1.165, 1.54) is 0 Å². The van der Waals surface area contributed by atoms with E-state index < -0.39 is 5.97 Å². The van der Waals surface area contributed by atoms with Crippen LogP contribution in [0.5, 0.6) is 0 Å². The molecule has 0 aliphatic carbocycles. The number of nitrogens with zero attached hydrogens (tertiary/aromatic N) is 1. The average molecular weight is 189 g/mol. The molecule has 1 rings (SSSR count). The summed E-state index contributed by atoms with van der Waals surface area (Å²) in [7, 11) is 0. The molecule has 0 aromatic carbocycles. The van der Waals surface area contributed by atoms with Gasteiger partial charge in [-0.15, -0.1) is 0 Å². The maximum absolute atomic E-state index is 10.8. The zero-order chi connectivity index (χ0) is 8.97. The summed E-state index contributed by atoms with van der Waals surface area (Å²) in [5, 5.41) is 8.88. The van der Waals surface area contributed by atoms with Crippen molar-refractivity contribution in [2.45, 2.75) is 19.4 Å². The Labute approximate surface area is 77.1 Å². The predicted molar refractivity (Wildman–Crippen MR) is 50.6 cm³/mol. The number of thioether (sulfide) groups is 1. The second-order valence-corrected chi connectivity index (χ2v) is 4.11. The van der Waals surface area contributed by atoms with E-state index in [1.54, 1.807) is 11.8 Å². The Bertz CT molecular complexity index is 161. The highest BCUT2D eigenvalue weighted by Crippen LogP contribution is 2.16. The van der Waals surface area contributed by atoms with E-state index in [1.807, 2.05) is 0 Å². The van der Waals surface area contributed by atoms with Gasteiger partial charge in [-0.3, -0.25) is 9.69 Å². The van der Waals surface area contributed by atoms with Crippen LogP contribution in [0.1, 0.15) is 13.3 Å². The van der Waals surface area contributed by atoms with Gasteiger partial charge in [0.1, 0.15) is 6.04 Å². The van der Waals surface area contributed by atoms with Gasteiger partial charge in [0, 0.05) is 18.1 Å². The molecule has 0 amide bonds. The number of carbonyl (C=O) groups is 1. The van der Waals surface area contributed by atoms with Crippen molar-refractivity contribution in [3.8, 4) is 0 Å². The lowest BCUT2D eigenvalue weighted by Crippen LogP contribution is -2.47. The second-order valence-electron chi connectivity index (χ2n) is 2.96. The molecule has 1 aliphatic heterocycles. The number of hydrogen-bond acceptors (Lipinski definition) is 3. The molecular formula is C8H15NO2S. The molecule has 3 nitrogen and oxygen atoms in total. The van der Waals surface area contributed by atoms with E-state index in [0.29, 0.717) is 0 Å². The Morgan fingerprint density at radius 1 is 1.75 bits per heavy atom. The Hall–Kier alpha value is -0.220. The summed E-state index contributed by atoms with van der Waals surface area (Å²) >= 11 is 1.74. The fourth-order valence-corrected chi connectivity index (χ4v) is 2.53. The molecule has 1 aliphatic rings. The van der Waals surface area contributed by atoms with Gasteiger partial charge >= 0.3 is 5.97 Å². The first-order valence-corrected chi connectivity index (χ1v) is 5.45. The van der Waals surface area contributed by atoms with Crippen molar-refractivity contribution < 1.29 is 9.90 Å². The van der Waals surface area contributed by atoms with Crippen LogP contribution in [-0.2, 0) is 4.79 Å². The first kappa shape index (κ1) is 9.86. The largest absolute Gasteiger partial charge is 0.480 e. The molecule has 0 radical (unpaired) electrons. The molecular weight excluding hydrogens is 174 g/mol. The smallest absolute Gasteiger partial charge is 0.321 e. The number of aliphatic carboxylic acids is 1. The van der Waals surface area contributed by atoms with Crippen LogP contribution >= 0.6 is 11.8 Å². The van der Waals surface area contributed by atoms with Crippen LogP contribution in [0.25, 0.3) is 0 Å². The van der Waals surface area contributed by atoms with Crippen molar-refractivity contribution in [3.63, 3.8) is 0 Å². The highest BCUT2D eigenvalue weighted by molar-refractivity contribution is 7.99. The number of carboxylic acids is 1. The summed E-state index contributed by atoms with van der Waals surface area (Å²) in [4.78, 5) is 12.9. The molecule has 0 saturated carbocycles. The van der Waals surface area contributed by atoms with Crippen LogP contribution in [0.3, 0.4) is 0 Å². The minimum atomic E-state index is -0.671. The molecule has 1 N–H and O–H groups in total. The summed E-state index contributed by atoms with van der Waals surface area (Å²) in [5.74, 6) is 1.15. The van der Waals surface area contributed by atoms with Gasteiger partial charge in [0.05, 0.1) is 0 Å². The molecule has 70 valence electrons. The minimum Gasteiger partial charge on any atom is -0.480 e. The second kappa shape index (κ2) is 4.72. The van der Waals surface area contributed by atoms with Crippen molar-refractivity contribution in [2.75, 3.05) is 24.6 Å². The molecule has 0 aromatic heterocycles. The highest BCUT2D eigenvalue weighted by atomic mass is 32.2. The van der Waals surface area contributed by atoms with Gasteiger partial charge in [-0.25, -0.2) is 0 Å². The standard InChI is InChI=1S/C8H15NO2S/c1-2-3-9-4-5-12-6-7(9)8(10)11/h7H,2-6H2,1H3,(H,10,11). The summed E-state index contributed by atoms with van der Waals surface area (Å²) in [6.45, 7) is 3.92. The minimum absolute atomic E-state index is 0.247. The van der Waals surface area contributed by atoms with Gasteiger partial charge in [-0.05, 0) is 13.0 Å². The Morgan fingerprint density at radius 3 is 3.08 bits per heavy atom. The van der Waals surface area contributed by atoms with Gasteiger partial charge in [0.25, 0.3) is 0 Å². The molecule has 4 heteroatoms. The third-order valence-electron chi connectivity index (χ3n) is 2.04. The number of hydrogen-bond donors (Lipinski definition) is 1. The van der Waals surface area contributed by atoms with E-state index in [4.69, 9.17) is 5.11 Å². The molecule has 12 heavy (non-hydrogen) atoms. The van der Waals surface area contributed by atoms with E-state index in [2.05, 4.69) is 11.8 Å². The molecule has 1 atom stereocenters. The molecule has 1 unspecified atom stereocenters. The zero-order valence-corrected chi connectivity index (χ0v) is 8.14. The van der Waals surface area contributed by atoms with Crippen LogP contribution < -0.4 is 0 Å². The third kappa shape index (κ3) is 2.38. The lowest BCUT2D eigenvalue weighted by Gasteiger charge is -2.31. The van der Waals surface area contributed by atoms with Crippen molar-refractivity contribution in [1.29, 1.82) is 0 Å². The van der Waals surface area contributed by atoms with Crippen LogP contribution in [0.4, 0.5) is 0 Å². The van der Waals surface area contributed by atoms with Crippen molar-refractivity contribution in [1.82, 2.24) is 4.90 Å². The molecule has 1 heterocycles. The first-order valence-electron chi connectivity index (χ1n) is 4.30. The van der Waals surface area contributed by atoms with Crippen LogP contribution in [-0.4, -0.2) is 46.6 Å². The topological polar surface area (TPSA) is 40.5 Å². The maximum Gasteiger partial charge on any atom is 0.321 e. The van der Waals surface area contributed by atoms with Gasteiger partial charge in [-0.2, -0.15) is 11.8 Å². The fraction of sp³-hybridized carbons (Fsp3) is 0.875. The van der Waals surface area contributed by atoms with Crippen molar-refractivity contribution in [2.24, 2.45) is 0 Å². The first-order chi connectivity index (χ1) is 5.75. The van der Waals surface area contributed by atoms with Crippen LogP contribution in [0.2, 0.25) is 0 Å². The van der Waals surface area contributed by atoms with E-state index in [0.717, 1.165) is 31.0 Å². The summed E-state index contributed by atoms with van der Waals surface area (Å²) < 4.78 is 0. The van der Waals surface area contributed by atoms with Crippen molar-refractivity contribution in [3.05, 3.63) is 0 Å². The molecule has 0 aromatic rings. The summed E-state index contributed by atoms with van der Waals surface area (Å²) in [6, 6.07) is -0.247. The fourth-order valence-electron chi connectivity index (χ4n) is 1.42. The molecule has 1 fully saturated rings. The normalized spacial score (nSPS) is 25.6. The third-order valence-corrected chi connectivity index (χ3v) is 3.06. The van der Waals surface area contributed by atoms with Gasteiger partial charge in [0.2, 0.25) is 0 Å². The average Bonchev–Trinajstić information content (AvgIpc) is 2.05. The van der Waals surface area contributed by atoms with Crippen molar-refractivity contribution >= 4 is 17.7 Å². The van der Waals surface area contributed by atoms with E-state index in [-0.39, 0.29) is 6.04 Å². The lowest BCUT2D eigenvalue weighted by atomic mass is 10.2. The quantitative estimate of drug-likeness (QED) is 0.716. The number of rotatable bonds is 3.